The average molecular weight is 465 g/mol. The molecule has 0 bridgehead atoms. The minimum atomic E-state index is -1.22. The van der Waals surface area contributed by atoms with Crippen molar-refractivity contribution in [2.75, 3.05) is 13.2 Å². The van der Waals surface area contributed by atoms with Crippen LogP contribution in [0.1, 0.15) is 58.9 Å². The van der Waals surface area contributed by atoms with Gasteiger partial charge in [0.05, 0.1) is 19.6 Å². The van der Waals surface area contributed by atoms with Crippen molar-refractivity contribution in [3.63, 3.8) is 0 Å². The van der Waals surface area contributed by atoms with E-state index < -0.39 is 36.0 Å². The highest BCUT2D eigenvalue weighted by molar-refractivity contribution is 5.91. The first-order valence-electron chi connectivity index (χ1n) is 11.4. The number of nitrogens with one attached hydrogen (secondary N) is 2. The lowest BCUT2D eigenvalue weighted by Gasteiger charge is -2.23. The Hall–Kier alpha value is -3.10. The summed E-state index contributed by atoms with van der Waals surface area (Å²) in [5.41, 5.74) is 0.807. The van der Waals surface area contributed by atoms with Crippen molar-refractivity contribution in [2.24, 2.45) is 5.92 Å². The molecular weight excluding hydrogens is 428 g/mol. The smallest absolute Gasteiger partial charge is 0.408 e. The predicted molar refractivity (Wildman–Crippen MR) is 122 cm³/mol. The first kappa shape index (κ1) is 27.9. The van der Waals surface area contributed by atoms with E-state index in [0.29, 0.717) is 12.8 Å². The summed E-state index contributed by atoms with van der Waals surface area (Å²) >= 11 is 0. The van der Waals surface area contributed by atoms with Gasteiger partial charge < -0.3 is 24.8 Å². The van der Waals surface area contributed by atoms with Gasteiger partial charge in [-0.25, -0.2) is 9.59 Å². The highest BCUT2D eigenvalue weighted by Gasteiger charge is 2.30. The zero-order valence-electron chi connectivity index (χ0n) is 19.9. The summed E-state index contributed by atoms with van der Waals surface area (Å²) in [5, 5.41) is 5.07. The molecule has 0 saturated heterocycles. The number of hydrogen-bond acceptors (Lipinski definition) is 7. The van der Waals surface area contributed by atoms with E-state index in [2.05, 4.69) is 10.6 Å². The van der Waals surface area contributed by atoms with Crippen LogP contribution in [0.4, 0.5) is 4.79 Å². The van der Waals surface area contributed by atoms with E-state index in [1.165, 1.54) is 0 Å². The summed E-state index contributed by atoms with van der Waals surface area (Å²) in [4.78, 5) is 49.6. The fourth-order valence-corrected chi connectivity index (χ4v) is 2.87. The Labute approximate surface area is 195 Å². The van der Waals surface area contributed by atoms with E-state index in [4.69, 9.17) is 14.2 Å². The van der Waals surface area contributed by atoms with Gasteiger partial charge in [0, 0.05) is 0 Å². The number of carbonyl (C=O) groups excluding carboxylic acids is 4. The molecule has 9 heteroatoms. The van der Waals surface area contributed by atoms with Crippen molar-refractivity contribution >= 4 is 23.9 Å². The number of esters is 2. The number of alkyl carbamates (subject to hydrolysis) is 1. The van der Waals surface area contributed by atoms with Crippen molar-refractivity contribution in [1.82, 2.24) is 10.6 Å². The Balaban J connectivity index is 2.77. The Morgan fingerprint density at radius 2 is 1.61 bits per heavy atom. The number of benzene rings is 1. The SMILES string of the molecule is CCCCOC(=O)C[C@H](NC(=O)[C@H](CC(C)C)NC(=O)OCc1ccccc1)C(=O)OCC. The molecule has 2 amide bonds. The Morgan fingerprint density at radius 1 is 0.909 bits per heavy atom. The Bertz CT molecular complexity index is 752. The van der Waals surface area contributed by atoms with Gasteiger partial charge in [0.1, 0.15) is 18.7 Å². The van der Waals surface area contributed by atoms with Gasteiger partial charge in [-0.15, -0.1) is 0 Å². The molecule has 2 N–H and O–H groups in total. The van der Waals surface area contributed by atoms with Gasteiger partial charge in [0.15, 0.2) is 0 Å². The summed E-state index contributed by atoms with van der Waals surface area (Å²) < 4.78 is 15.3. The highest BCUT2D eigenvalue weighted by atomic mass is 16.6. The molecule has 1 aromatic rings. The lowest BCUT2D eigenvalue weighted by molar-refractivity contribution is -0.153. The van der Waals surface area contributed by atoms with Gasteiger partial charge in [-0.1, -0.05) is 57.5 Å². The van der Waals surface area contributed by atoms with Crippen LogP contribution >= 0.6 is 0 Å². The van der Waals surface area contributed by atoms with Crippen LogP contribution in [0, 0.1) is 5.92 Å². The van der Waals surface area contributed by atoms with Gasteiger partial charge >= 0.3 is 18.0 Å². The van der Waals surface area contributed by atoms with Crippen LogP contribution in [-0.4, -0.2) is 49.2 Å². The molecule has 1 aromatic carbocycles. The normalized spacial score (nSPS) is 12.4. The van der Waals surface area contributed by atoms with Crippen LogP contribution in [0.25, 0.3) is 0 Å². The van der Waals surface area contributed by atoms with Crippen LogP contribution in [0.2, 0.25) is 0 Å². The topological polar surface area (TPSA) is 120 Å². The molecule has 0 aliphatic carbocycles. The lowest BCUT2D eigenvalue weighted by atomic mass is 10.0. The maximum absolute atomic E-state index is 12.9. The Morgan fingerprint density at radius 3 is 2.21 bits per heavy atom. The second kappa shape index (κ2) is 15.7. The van der Waals surface area contributed by atoms with Crippen molar-refractivity contribution in [1.29, 1.82) is 0 Å². The van der Waals surface area contributed by atoms with E-state index in [-0.39, 0.29) is 32.2 Å². The molecule has 1 rings (SSSR count). The summed E-state index contributed by atoms with van der Waals surface area (Å²) in [5.74, 6) is -1.90. The number of ether oxygens (including phenoxy) is 3. The quantitative estimate of drug-likeness (QED) is 0.247. The molecule has 0 aliphatic rings. The van der Waals surface area contributed by atoms with Crippen LogP contribution in [0.5, 0.6) is 0 Å². The molecule has 0 fully saturated rings. The molecule has 0 aromatic heterocycles. The van der Waals surface area contributed by atoms with E-state index in [1.807, 2.05) is 51.1 Å². The molecule has 0 heterocycles. The molecule has 0 spiro atoms. The number of amides is 2. The first-order chi connectivity index (χ1) is 15.8. The number of rotatable bonds is 14. The minimum absolute atomic E-state index is 0.0533. The highest BCUT2D eigenvalue weighted by Crippen LogP contribution is 2.08. The van der Waals surface area contributed by atoms with Crippen molar-refractivity contribution in [3.05, 3.63) is 35.9 Å². The maximum atomic E-state index is 12.9. The third-order valence-electron chi connectivity index (χ3n) is 4.55. The fraction of sp³-hybridized carbons (Fsp3) is 0.583. The van der Waals surface area contributed by atoms with Gasteiger partial charge in [0.2, 0.25) is 5.91 Å². The molecule has 2 atom stereocenters. The lowest BCUT2D eigenvalue weighted by Crippen LogP contribution is -2.53. The largest absolute Gasteiger partial charge is 0.466 e. The first-order valence-corrected chi connectivity index (χ1v) is 11.4. The molecular formula is C24H36N2O7. The van der Waals surface area contributed by atoms with Crippen molar-refractivity contribution in [2.45, 2.75) is 72.1 Å². The number of hydrogen-bond donors (Lipinski definition) is 2. The van der Waals surface area contributed by atoms with Crippen molar-refractivity contribution in [3.8, 4) is 0 Å². The predicted octanol–water partition coefficient (Wildman–Crippen LogP) is 3.11. The second-order valence-corrected chi connectivity index (χ2v) is 7.98. The van der Waals surface area contributed by atoms with Crippen LogP contribution in [-0.2, 0) is 35.2 Å². The van der Waals surface area contributed by atoms with Crippen LogP contribution in [0.15, 0.2) is 30.3 Å². The standard InChI is InChI=1S/C24H36N2O7/c1-5-7-13-32-21(27)15-20(23(29)31-6-2)25-22(28)19(14-17(3)4)26-24(30)33-16-18-11-9-8-10-12-18/h8-12,17,19-20H,5-7,13-16H2,1-4H3,(H,25,28)(H,26,30)/t19-,20-/m0/s1. The molecule has 9 nitrogen and oxygen atoms in total. The monoisotopic (exact) mass is 464 g/mol. The van der Waals surface area contributed by atoms with Crippen molar-refractivity contribution < 1.29 is 33.4 Å². The molecule has 0 aliphatic heterocycles. The van der Waals surface area contributed by atoms with Crippen LogP contribution < -0.4 is 10.6 Å². The second-order valence-electron chi connectivity index (χ2n) is 7.98. The van der Waals surface area contributed by atoms with E-state index in [0.717, 1.165) is 12.0 Å². The maximum Gasteiger partial charge on any atom is 0.408 e. The molecule has 0 saturated carbocycles. The fourth-order valence-electron chi connectivity index (χ4n) is 2.87. The summed E-state index contributed by atoms with van der Waals surface area (Å²) in [6.45, 7) is 7.76. The summed E-state index contributed by atoms with van der Waals surface area (Å²) in [6, 6.07) is 6.96. The van der Waals surface area contributed by atoms with E-state index in [9.17, 15) is 19.2 Å². The van der Waals surface area contributed by atoms with Crippen LogP contribution in [0.3, 0.4) is 0 Å². The van der Waals surface area contributed by atoms with Gasteiger partial charge in [-0.05, 0) is 31.2 Å². The van der Waals surface area contributed by atoms with E-state index >= 15 is 0 Å². The third-order valence-corrected chi connectivity index (χ3v) is 4.55. The van der Waals surface area contributed by atoms with Gasteiger partial charge in [-0.3, -0.25) is 9.59 Å². The van der Waals surface area contributed by atoms with Gasteiger partial charge in [0.25, 0.3) is 0 Å². The zero-order valence-corrected chi connectivity index (χ0v) is 19.9. The molecule has 0 unspecified atom stereocenters. The van der Waals surface area contributed by atoms with E-state index in [1.54, 1.807) is 6.92 Å². The van der Waals surface area contributed by atoms with Gasteiger partial charge in [-0.2, -0.15) is 0 Å². The zero-order chi connectivity index (χ0) is 24.6. The number of carbonyl (C=O) groups is 4. The minimum Gasteiger partial charge on any atom is -0.466 e. The number of unbranched alkanes of at least 4 members (excludes halogenated alkanes) is 1. The Kier molecular flexibility index (Phi) is 13.3. The molecule has 0 radical (unpaired) electrons. The molecule has 33 heavy (non-hydrogen) atoms. The third kappa shape index (κ3) is 11.9. The summed E-state index contributed by atoms with van der Waals surface area (Å²) in [7, 11) is 0. The molecule has 184 valence electrons. The summed E-state index contributed by atoms with van der Waals surface area (Å²) in [6.07, 6.45) is 0.748. The average Bonchev–Trinajstić information content (AvgIpc) is 2.77.